The molecule has 124 valence electrons. The Bertz CT molecular complexity index is 1120. The molecule has 0 atom stereocenters. The van der Waals surface area contributed by atoms with Crippen molar-refractivity contribution in [3.63, 3.8) is 0 Å². The number of hydrogen-bond donors (Lipinski definition) is 1. The number of hydrogen-bond acceptors (Lipinski definition) is 5. The molecular formula is C19H13ClN2O2S. The van der Waals surface area contributed by atoms with Crippen LogP contribution in [0.4, 0.5) is 10.8 Å². The lowest BCUT2D eigenvalue weighted by molar-refractivity contribution is 0.563. The molecule has 0 saturated carbocycles. The van der Waals surface area contributed by atoms with E-state index in [1.54, 1.807) is 6.07 Å². The molecule has 1 N–H and O–H groups in total. The SMILES string of the molecule is Cc1nc(Nc2ccc(Cl)cc2)sc1-c1cc2ccccc2oc1=O. The smallest absolute Gasteiger partial charge is 0.345 e. The van der Waals surface area contributed by atoms with Gasteiger partial charge in [-0.15, -0.1) is 0 Å². The molecule has 0 bridgehead atoms. The fourth-order valence-electron chi connectivity index (χ4n) is 2.58. The van der Waals surface area contributed by atoms with Crippen molar-refractivity contribution < 1.29 is 4.42 Å². The first kappa shape index (κ1) is 15.9. The fraction of sp³-hybridized carbons (Fsp3) is 0.0526. The predicted octanol–water partition coefficient (Wildman–Crippen LogP) is 5.62. The van der Waals surface area contributed by atoms with Crippen molar-refractivity contribution in [1.29, 1.82) is 0 Å². The monoisotopic (exact) mass is 368 g/mol. The maximum absolute atomic E-state index is 12.4. The van der Waals surface area contributed by atoms with Crippen molar-refractivity contribution in [3.05, 3.63) is 75.7 Å². The second-order valence-corrected chi connectivity index (χ2v) is 6.99. The summed E-state index contributed by atoms with van der Waals surface area (Å²) >= 11 is 7.32. The van der Waals surface area contributed by atoms with Crippen LogP contribution in [0, 0.1) is 6.92 Å². The molecule has 2 aromatic carbocycles. The molecule has 0 saturated heterocycles. The van der Waals surface area contributed by atoms with Crippen LogP contribution in [-0.2, 0) is 0 Å². The van der Waals surface area contributed by atoms with Crippen molar-refractivity contribution in [2.24, 2.45) is 0 Å². The largest absolute Gasteiger partial charge is 0.422 e. The molecule has 0 unspecified atom stereocenters. The highest BCUT2D eigenvalue weighted by molar-refractivity contribution is 7.19. The van der Waals surface area contributed by atoms with Gasteiger partial charge in [-0.3, -0.25) is 0 Å². The number of halogens is 1. The van der Waals surface area contributed by atoms with Crippen LogP contribution in [0.5, 0.6) is 0 Å². The summed E-state index contributed by atoms with van der Waals surface area (Å²) in [5.41, 5.74) is 2.42. The van der Waals surface area contributed by atoms with Gasteiger partial charge in [0.05, 0.1) is 16.1 Å². The zero-order chi connectivity index (χ0) is 17.4. The van der Waals surface area contributed by atoms with Crippen LogP contribution >= 0.6 is 22.9 Å². The maximum Gasteiger partial charge on any atom is 0.345 e. The second-order valence-electron chi connectivity index (χ2n) is 5.55. The van der Waals surface area contributed by atoms with E-state index in [9.17, 15) is 4.79 Å². The summed E-state index contributed by atoms with van der Waals surface area (Å²) in [7, 11) is 0. The quantitative estimate of drug-likeness (QED) is 0.477. The molecule has 0 aliphatic rings. The van der Waals surface area contributed by atoms with Gasteiger partial charge in [0.2, 0.25) is 0 Å². The Hall–Kier alpha value is -2.63. The zero-order valence-corrected chi connectivity index (χ0v) is 14.8. The zero-order valence-electron chi connectivity index (χ0n) is 13.2. The van der Waals surface area contributed by atoms with Crippen molar-refractivity contribution in [2.75, 3.05) is 5.32 Å². The molecule has 2 aromatic heterocycles. The van der Waals surface area contributed by atoms with Crippen LogP contribution in [0.25, 0.3) is 21.4 Å². The van der Waals surface area contributed by atoms with E-state index in [0.717, 1.165) is 21.6 Å². The van der Waals surface area contributed by atoms with Crippen LogP contribution in [-0.4, -0.2) is 4.98 Å². The minimum Gasteiger partial charge on any atom is -0.422 e. The van der Waals surface area contributed by atoms with Gasteiger partial charge in [0.15, 0.2) is 5.13 Å². The first-order valence-corrected chi connectivity index (χ1v) is 8.83. The third-order valence-electron chi connectivity index (χ3n) is 3.78. The van der Waals surface area contributed by atoms with Gasteiger partial charge in [-0.05, 0) is 43.3 Å². The molecule has 0 spiro atoms. The number of anilines is 2. The molecule has 4 rings (SSSR count). The minimum absolute atomic E-state index is 0.358. The first-order chi connectivity index (χ1) is 12.1. The summed E-state index contributed by atoms with van der Waals surface area (Å²) in [6, 6.07) is 16.7. The molecule has 0 amide bonds. The summed E-state index contributed by atoms with van der Waals surface area (Å²) in [6.45, 7) is 1.88. The summed E-state index contributed by atoms with van der Waals surface area (Å²) < 4.78 is 5.43. The molecular weight excluding hydrogens is 356 g/mol. The number of rotatable bonds is 3. The molecule has 4 nitrogen and oxygen atoms in total. The highest BCUT2D eigenvalue weighted by atomic mass is 35.5. The Morgan fingerprint density at radius 3 is 2.68 bits per heavy atom. The Morgan fingerprint density at radius 2 is 1.88 bits per heavy atom. The van der Waals surface area contributed by atoms with Gasteiger partial charge in [0, 0.05) is 16.1 Å². The number of benzene rings is 2. The summed E-state index contributed by atoms with van der Waals surface area (Å²) in [4.78, 5) is 17.7. The highest BCUT2D eigenvalue weighted by Gasteiger charge is 2.15. The second kappa shape index (κ2) is 6.35. The van der Waals surface area contributed by atoms with Crippen LogP contribution in [0.3, 0.4) is 0 Å². The lowest BCUT2D eigenvalue weighted by Gasteiger charge is -2.01. The van der Waals surface area contributed by atoms with Gasteiger partial charge in [0.1, 0.15) is 5.58 Å². The van der Waals surface area contributed by atoms with Crippen molar-refractivity contribution in [1.82, 2.24) is 4.98 Å². The van der Waals surface area contributed by atoms with Gasteiger partial charge in [-0.1, -0.05) is 41.1 Å². The number of aryl methyl sites for hydroxylation is 1. The molecule has 0 aliphatic carbocycles. The molecule has 0 aliphatic heterocycles. The molecule has 25 heavy (non-hydrogen) atoms. The third kappa shape index (κ3) is 3.16. The molecule has 6 heteroatoms. The number of para-hydroxylation sites is 1. The van der Waals surface area contributed by atoms with E-state index in [1.165, 1.54) is 11.3 Å². The number of aromatic nitrogens is 1. The van der Waals surface area contributed by atoms with Gasteiger partial charge in [-0.2, -0.15) is 0 Å². The number of nitrogens with zero attached hydrogens (tertiary/aromatic N) is 1. The fourth-order valence-corrected chi connectivity index (χ4v) is 3.69. The van der Waals surface area contributed by atoms with Crippen LogP contribution in [0.15, 0.2) is 63.8 Å². The minimum atomic E-state index is -0.358. The summed E-state index contributed by atoms with van der Waals surface area (Å²) in [5.74, 6) is 0. The van der Waals surface area contributed by atoms with Gasteiger partial charge < -0.3 is 9.73 Å². The van der Waals surface area contributed by atoms with Crippen LogP contribution < -0.4 is 10.9 Å². The average Bonchev–Trinajstić information content (AvgIpc) is 2.96. The summed E-state index contributed by atoms with van der Waals surface area (Å²) in [5, 5.41) is 5.51. The predicted molar refractivity (Wildman–Crippen MR) is 103 cm³/mol. The van der Waals surface area contributed by atoms with Crippen molar-refractivity contribution >= 4 is 44.7 Å². The maximum atomic E-state index is 12.4. The topological polar surface area (TPSA) is 55.1 Å². The Balaban J connectivity index is 1.74. The summed E-state index contributed by atoms with van der Waals surface area (Å²) in [6.07, 6.45) is 0. The van der Waals surface area contributed by atoms with Crippen LogP contribution in [0.1, 0.15) is 5.69 Å². The van der Waals surface area contributed by atoms with Gasteiger partial charge in [-0.25, -0.2) is 9.78 Å². The van der Waals surface area contributed by atoms with Gasteiger partial charge in [0.25, 0.3) is 0 Å². The van der Waals surface area contributed by atoms with Crippen LogP contribution in [0.2, 0.25) is 5.02 Å². The van der Waals surface area contributed by atoms with E-state index < -0.39 is 0 Å². The number of nitrogens with one attached hydrogen (secondary N) is 1. The van der Waals surface area contributed by atoms with Gasteiger partial charge >= 0.3 is 5.63 Å². The van der Waals surface area contributed by atoms with E-state index in [-0.39, 0.29) is 5.63 Å². The van der Waals surface area contributed by atoms with Crippen molar-refractivity contribution in [3.8, 4) is 10.4 Å². The Morgan fingerprint density at radius 1 is 1.12 bits per heavy atom. The van der Waals surface area contributed by atoms with E-state index >= 15 is 0 Å². The Labute approximate surface area is 152 Å². The number of fused-ring (bicyclic) bond motifs is 1. The van der Waals surface area contributed by atoms with E-state index in [2.05, 4.69) is 10.3 Å². The standard InChI is InChI=1S/C19H13ClN2O2S/c1-11-17(15-10-12-4-2-3-5-16(12)24-18(15)23)25-19(21-11)22-14-8-6-13(20)7-9-14/h2-10H,1H3,(H,21,22). The van der Waals surface area contributed by atoms with E-state index in [0.29, 0.717) is 21.3 Å². The molecule has 2 heterocycles. The average molecular weight is 369 g/mol. The van der Waals surface area contributed by atoms with Crippen molar-refractivity contribution in [2.45, 2.75) is 6.92 Å². The lowest BCUT2D eigenvalue weighted by atomic mass is 10.1. The molecule has 0 fully saturated rings. The molecule has 0 radical (unpaired) electrons. The number of thiazole rings is 1. The third-order valence-corrected chi connectivity index (χ3v) is 5.14. The molecule has 4 aromatic rings. The Kier molecular flexibility index (Phi) is 4.03. The highest BCUT2D eigenvalue weighted by Crippen LogP contribution is 2.33. The first-order valence-electron chi connectivity index (χ1n) is 7.63. The lowest BCUT2D eigenvalue weighted by Crippen LogP contribution is -2.02. The normalized spacial score (nSPS) is 11.0. The van der Waals surface area contributed by atoms with E-state index in [4.69, 9.17) is 16.0 Å². The van der Waals surface area contributed by atoms with E-state index in [1.807, 2.05) is 55.5 Å².